The lowest BCUT2D eigenvalue weighted by Crippen LogP contribution is -2.36. The summed E-state index contributed by atoms with van der Waals surface area (Å²) in [6, 6.07) is 9.88. The Hall–Kier alpha value is -2.87. The van der Waals surface area contributed by atoms with E-state index in [-0.39, 0.29) is 11.6 Å². The van der Waals surface area contributed by atoms with Crippen LogP contribution in [0.1, 0.15) is 16.7 Å². The fraction of sp³-hybridized carbons (Fsp3) is 0.238. The summed E-state index contributed by atoms with van der Waals surface area (Å²) in [6.07, 6.45) is 6.85. The van der Waals surface area contributed by atoms with Crippen molar-refractivity contribution in [1.29, 1.82) is 0 Å². The Morgan fingerprint density at radius 3 is 2.62 bits per heavy atom. The molecule has 8 heteroatoms. The molecule has 0 amide bonds. The van der Waals surface area contributed by atoms with Crippen LogP contribution in [-0.4, -0.2) is 28.8 Å². The third-order valence-electron chi connectivity index (χ3n) is 4.39. The molecule has 152 valence electrons. The molecule has 29 heavy (non-hydrogen) atoms. The molecule has 0 aliphatic carbocycles. The van der Waals surface area contributed by atoms with E-state index in [2.05, 4.69) is 20.6 Å². The molecule has 3 rings (SSSR count). The van der Waals surface area contributed by atoms with Gasteiger partial charge in [0.15, 0.2) is 5.96 Å². The van der Waals surface area contributed by atoms with Crippen molar-refractivity contribution in [3.8, 4) is 5.69 Å². The van der Waals surface area contributed by atoms with Gasteiger partial charge in [0.05, 0.1) is 12.0 Å². The first-order valence-electron chi connectivity index (χ1n) is 9.08. The second kappa shape index (κ2) is 10.1. The van der Waals surface area contributed by atoms with E-state index >= 15 is 0 Å². The Kier molecular flexibility index (Phi) is 7.24. The number of hydrogen-bond acceptors (Lipinski definition) is 3. The van der Waals surface area contributed by atoms with Gasteiger partial charge >= 0.3 is 0 Å². The molecule has 0 aliphatic heterocycles. The summed E-state index contributed by atoms with van der Waals surface area (Å²) in [4.78, 5) is 8.14. The molecule has 2 N–H and O–H groups in total. The molecule has 0 unspecified atom stereocenters. The summed E-state index contributed by atoms with van der Waals surface area (Å²) in [5.41, 5.74) is 3.21. The van der Waals surface area contributed by atoms with Gasteiger partial charge in [-0.15, -0.1) is 0 Å². The van der Waals surface area contributed by atoms with Crippen LogP contribution in [0, 0.1) is 11.6 Å². The number of guanidine groups is 1. The van der Waals surface area contributed by atoms with Crippen LogP contribution in [0.15, 0.2) is 60.1 Å². The fourth-order valence-electron chi connectivity index (χ4n) is 2.91. The van der Waals surface area contributed by atoms with Gasteiger partial charge in [-0.3, -0.25) is 4.99 Å². The van der Waals surface area contributed by atoms with Gasteiger partial charge in [0.2, 0.25) is 0 Å². The molecular formula is C21H23F2N5S. The third-order valence-corrected chi connectivity index (χ3v) is 4.99. The lowest BCUT2D eigenvalue weighted by Gasteiger charge is -2.15. The van der Waals surface area contributed by atoms with Gasteiger partial charge in [-0.25, -0.2) is 13.8 Å². The molecule has 5 nitrogen and oxygen atoms in total. The largest absolute Gasteiger partial charge is 0.352 e. The van der Waals surface area contributed by atoms with Gasteiger partial charge < -0.3 is 15.2 Å². The number of nitrogens with zero attached hydrogens (tertiary/aromatic N) is 3. The molecule has 0 radical (unpaired) electrons. The van der Waals surface area contributed by atoms with Crippen LogP contribution in [0.3, 0.4) is 0 Å². The number of aliphatic imine (C=N–C) groups is 1. The van der Waals surface area contributed by atoms with E-state index < -0.39 is 0 Å². The van der Waals surface area contributed by atoms with Gasteiger partial charge in [0.1, 0.15) is 11.6 Å². The highest BCUT2D eigenvalue weighted by atomic mass is 32.2. The number of hydrogen-bond donors (Lipinski definition) is 2. The van der Waals surface area contributed by atoms with E-state index in [4.69, 9.17) is 0 Å². The number of nitrogens with one attached hydrogen (secondary N) is 2. The van der Waals surface area contributed by atoms with Crippen molar-refractivity contribution in [2.45, 2.75) is 18.8 Å². The monoisotopic (exact) mass is 415 g/mol. The maximum Gasteiger partial charge on any atom is 0.191 e. The number of aromatic nitrogens is 2. The first kappa shape index (κ1) is 20.9. The Morgan fingerprint density at radius 1 is 1.10 bits per heavy atom. The number of rotatable bonds is 7. The average Bonchev–Trinajstić information content (AvgIpc) is 3.24. The van der Waals surface area contributed by atoms with Crippen molar-refractivity contribution in [1.82, 2.24) is 20.2 Å². The average molecular weight is 416 g/mol. The van der Waals surface area contributed by atoms with Crippen molar-refractivity contribution < 1.29 is 8.78 Å². The van der Waals surface area contributed by atoms with Gasteiger partial charge in [-0.2, -0.15) is 11.8 Å². The third kappa shape index (κ3) is 5.57. The molecule has 0 saturated carbocycles. The summed E-state index contributed by atoms with van der Waals surface area (Å²) in [7, 11) is 1.67. The topological polar surface area (TPSA) is 54.2 Å². The Morgan fingerprint density at radius 2 is 1.93 bits per heavy atom. The number of thioether (sulfide) groups is 1. The molecule has 1 aromatic heterocycles. The molecule has 3 aromatic rings. The van der Waals surface area contributed by atoms with Crippen LogP contribution in [0.4, 0.5) is 8.78 Å². The van der Waals surface area contributed by atoms with Crippen LogP contribution < -0.4 is 10.6 Å². The second-order valence-electron chi connectivity index (χ2n) is 6.38. The van der Waals surface area contributed by atoms with E-state index in [0.717, 1.165) is 22.4 Å². The summed E-state index contributed by atoms with van der Waals surface area (Å²) in [6.45, 7) is 0.936. The first-order chi connectivity index (χ1) is 14.1. The Labute approximate surface area is 173 Å². The van der Waals surface area contributed by atoms with Crippen LogP contribution in [0.25, 0.3) is 5.69 Å². The standard InChI is InChI=1S/C21H23F2N5S/c1-24-21(27-12-16-4-5-18(22)10-17(16)13-29-2)26-11-15-3-6-20(19(23)9-15)28-8-7-25-14-28/h3-10,14H,11-13H2,1-2H3,(H2,24,26,27). The van der Waals surface area contributed by atoms with Crippen molar-refractivity contribution in [2.24, 2.45) is 4.99 Å². The molecule has 0 fully saturated rings. The van der Waals surface area contributed by atoms with E-state index in [1.807, 2.05) is 12.3 Å². The minimum absolute atomic E-state index is 0.235. The molecular weight excluding hydrogens is 392 g/mol. The van der Waals surface area contributed by atoms with Crippen molar-refractivity contribution in [2.75, 3.05) is 13.3 Å². The first-order valence-corrected chi connectivity index (χ1v) is 10.5. The SMILES string of the molecule is CN=C(NCc1ccc(-n2ccnc2)c(F)c1)NCc1ccc(F)cc1CSC. The summed E-state index contributed by atoms with van der Waals surface area (Å²) in [5, 5.41) is 6.40. The number of benzene rings is 2. The molecule has 2 aromatic carbocycles. The van der Waals surface area contributed by atoms with Crippen LogP contribution >= 0.6 is 11.8 Å². The zero-order valence-electron chi connectivity index (χ0n) is 16.3. The maximum atomic E-state index is 14.4. The van der Waals surface area contributed by atoms with E-state index in [0.29, 0.717) is 24.7 Å². The summed E-state index contributed by atoms with van der Waals surface area (Å²) in [5.74, 6) is 0.770. The molecule has 0 aliphatic rings. The molecule has 1 heterocycles. The van der Waals surface area contributed by atoms with Crippen molar-refractivity contribution in [3.05, 3.63) is 83.4 Å². The Balaban J connectivity index is 1.59. The van der Waals surface area contributed by atoms with Crippen LogP contribution in [0.2, 0.25) is 0 Å². The molecule has 0 spiro atoms. The quantitative estimate of drug-likeness (QED) is 0.454. The zero-order chi connectivity index (χ0) is 20.6. The predicted octanol–water partition coefficient (Wildman–Crippen LogP) is 3.88. The minimum Gasteiger partial charge on any atom is -0.352 e. The highest BCUT2D eigenvalue weighted by Crippen LogP contribution is 2.17. The predicted molar refractivity (Wildman–Crippen MR) is 114 cm³/mol. The van der Waals surface area contributed by atoms with E-state index in [1.165, 1.54) is 12.1 Å². The van der Waals surface area contributed by atoms with Crippen LogP contribution in [-0.2, 0) is 18.8 Å². The normalized spacial score (nSPS) is 11.5. The lowest BCUT2D eigenvalue weighted by atomic mass is 10.1. The van der Waals surface area contributed by atoms with Gasteiger partial charge in [-0.1, -0.05) is 12.1 Å². The highest BCUT2D eigenvalue weighted by molar-refractivity contribution is 7.97. The maximum absolute atomic E-state index is 14.4. The zero-order valence-corrected chi connectivity index (χ0v) is 17.1. The lowest BCUT2D eigenvalue weighted by molar-refractivity contribution is 0.614. The summed E-state index contributed by atoms with van der Waals surface area (Å²) >= 11 is 1.65. The van der Waals surface area contributed by atoms with E-state index in [1.54, 1.807) is 60.3 Å². The highest BCUT2D eigenvalue weighted by Gasteiger charge is 2.08. The van der Waals surface area contributed by atoms with Crippen molar-refractivity contribution >= 4 is 17.7 Å². The fourth-order valence-corrected chi connectivity index (χ4v) is 3.49. The minimum atomic E-state index is -0.321. The molecule has 0 atom stereocenters. The van der Waals surface area contributed by atoms with E-state index in [9.17, 15) is 8.78 Å². The number of halogens is 2. The Bertz CT molecular complexity index is 973. The molecule has 0 saturated heterocycles. The number of imidazole rings is 1. The van der Waals surface area contributed by atoms with Gasteiger partial charge in [-0.05, 0) is 47.2 Å². The smallest absolute Gasteiger partial charge is 0.191 e. The summed E-state index contributed by atoms with van der Waals surface area (Å²) < 4.78 is 29.5. The van der Waals surface area contributed by atoms with Crippen molar-refractivity contribution in [3.63, 3.8) is 0 Å². The van der Waals surface area contributed by atoms with Gasteiger partial charge in [0, 0.05) is 38.3 Å². The second-order valence-corrected chi connectivity index (χ2v) is 7.25. The van der Waals surface area contributed by atoms with Crippen LogP contribution in [0.5, 0.6) is 0 Å². The van der Waals surface area contributed by atoms with Gasteiger partial charge in [0.25, 0.3) is 0 Å². The molecule has 0 bridgehead atoms.